The Bertz CT molecular complexity index is 684. The van der Waals surface area contributed by atoms with E-state index in [0.29, 0.717) is 12.2 Å². The van der Waals surface area contributed by atoms with Crippen LogP contribution in [-0.2, 0) is 4.79 Å². The van der Waals surface area contributed by atoms with Gasteiger partial charge in [0.05, 0.1) is 13.2 Å². The van der Waals surface area contributed by atoms with Crippen LogP contribution >= 0.6 is 0 Å². The fourth-order valence-corrected chi connectivity index (χ4v) is 2.58. The van der Waals surface area contributed by atoms with Crippen molar-refractivity contribution in [3.05, 3.63) is 59.7 Å². The molecular formula is C20H25NO3. The number of aryl methyl sites for hydroxylation is 1. The van der Waals surface area contributed by atoms with Crippen molar-refractivity contribution in [2.75, 3.05) is 7.11 Å². The Morgan fingerprint density at radius 2 is 1.92 bits per heavy atom. The van der Waals surface area contributed by atoms with E-state index in [1.807, 2.05) is 69.3 Å². The van der Waals surface area contributed by atoms with Crippen molar-refractivity contribution in [1.82, 2.24) is 5.32 Å². The monoisotopic (exact) mass is 327 g/mol. The molecule has 2 aromatic carbocycles. The highest BCUT2D eigenvalue weighted by molar-refractivity contribution is 5.81. The van der Waals surface area contributed by atoms with E-state index in [-0.39, 0.29) is 11.9 Å². The van der Waals surface area contributed by atoms with Gasteiger partial charge in [-0.25, -0.2) is 0 Å². The van der Waals surface area contributed by atoms with Gasteiger partial charge >= 0.3 is 0 Å². The molecule has 0 aliphatic carbocycles. The molecule has 0 spiro atoms. The van der Waals surface area contributed by atoms with Gasteiger partial charge in [0.1, 0.15) is 11.5 Å². The largest absolute Gasteiger partial charge is 0.496 e. The zero-order valence-corrected chi connectivity index (χ0v) is 14.7. The molecule has 0 aliphatic heterocycles. The van der Waals surface area contributed by atoms with Gasteiger partial charge in [0, 0.05) is 5.56 Å². The smallest absolute Gasteiger partial charge is 0.261 e. The minimum absolute atomic E-state index is 0.127. The quantitative estimate of drug-likeness (QED) is 0.835. The van der Waals surface area contributed by atoms with Gasteiger partial charge in [-0.3, -0.25) is 4.79 Å². The van der Waals surface area contributed by atoms with Crippen LogP contribution in [0.1, 0.15) is 37.4 Å². The first-order chi connectivity index (χ1) is 11.5. The van der Waals surface area contributed by atoms with Crippen LogP contribution in [0, 0.1) is 6.92 Å². The number of benzene rings is 2. The minimum Gasteiger partial charge on any atom is -0.496 e. The van der Waals surface area contributed by atoms with Gasteiger partial charge in [0.2, 0.25) is 0 Å². The number of ether oxygens (including phenoxy) is 2. The number of hydrogen-bond donors (Lipinski definition) is 1. The Kier molecular flexibility index (Phi) is 6.24. The van der Waals surface area contributed by atoms with Crippen molar-refractivity contribution >= 4 is 5.91 Å². The molecule has 24 heavy (non-hydrogen) atoms. The summed E-state index contributed by atoms with van der Waals surface area (Å²) in [6, 6.07) is 15.2. The summed E-state index contributed by atoms with van der Waals surface area (Å²) in [6.07, 6.45) is 0.0715. The third-order valence-corrected chi connectivity index (χ3v) is 3.90. The predicted molar refractivity (Wildman–Crippen MR) is 95.4 cm³/mol. The lowest BCUT2D eigenvalue weighted by atomic mass is 10.1. The van der Waals surface area contributed by atoms with Crippen LogP contribution in [0.3, 0.4) is 0 Å². The Labute approximate surface area is 143 Å². The molecule has 0 aromatic heterocycles. The fraction of sp³-hybridized carbons (Fsp3) is 0.350. The summed E-state index contributed by atoms with van der Waals surface area (Å²) in [5.74, 6) is 1.34. The van der Waals surface area contributed by atoms with Crippen molar-refractivity contribution in [3.8, 4) is 11.5 Å². The number of para-hydroxylation sites is 1. The number of hydrogen-bond acceptors (Lipinski definition) is 3. The van der Waals surface area contributed by atoms with Crippen molar-refractivity contribution in [2.45, 2.75) is 39.3 Å². The topological polar surface area (TPSA) is 47.6 Å². The van der Waals surface area contributed by atoms with Crippen molar-refractivity contribution < 1.29 is 14.3 Å². The Morgan fingerprint density at radius 3 is 2.58 bits per heavy atom. The molecule has 1 N–H and O–H groups in total. The van der Waals surface area contributed by atoms with Crippen LogP contribution in [0.5, 0.6) is 11.5 Å². The van der Waals surface area contributed by atoms with E-state index in [4.69, 9.17) is 9.47 Å². The van der Waals surface area contributed by atoms with Gasteiger partial charge in [-0.1, -0.05) is 37.3 Å². The standard InChI is InChI=1S/C20H25NO3/c1-5-18(24-16-10-8-9-14(2)13-16)20(22)21-15(3)17-11-6-7-12-19(17)23-4/h6-13,15,18H,5H2,1-4H3,(H,21,22)/t15-,18+/m1/s1. The molecular weight excluding hydrogens is 302 g/mol. The Balaban J connectivity index is 2.06. The molecule has 0 fully saturated rings. The SMILES string of the molecule is CC[C@H](Oc1cccc(C)c1)C(=O)N[C@H](C)c1ccccc1OC. The van der Waals surface area contributed by atoms with E-state index in [1.54, 1.807) is 7.11 Å². The third kappa shape index (κ3) is 4.51. The van der Waals surface area contributed by atoms with E-state index in [1.165, 1.54) is 0 Å². The first-order valence-electron chi connectivity index (χ1n) is 8.21. The van der Waals surface area contributed by atoms with E-state index in [0.717, 1.165) is 16.9 Å². The molecule has 0 heterocycles. The summed E-state index contributed by atoms with van der Waals surface area (Å²) in [6.45, 7) is 5.88. The number of nitrogens with one attached hydrogen (secondary N) is 1. The van der Waals surface area contributed by atoms with Gasteiger partial charge in [-0.15, -0.1) is 0 Å². The highest BCUT2D eigenvalue weighted by Gasteiger charge is 2.22. The lowest BCUT2D eigenvalue weighted by Crippen LogP contribution is -2.39. The van der Waals surface area contributed by atoms with Gasteiger partial charge in [-0.2, -0.15) is 0 Å². The van der Waals surface area contributed by atoms with Crippen LogP contribution in [-0.4, -0.2) is 19.1 Å². The molecule has 0 unspecified atom stereocenters. The maximum atomic E-state index is 12.6. The Morgan fingerprint density at radius 1 is 1.17 bits per heavy atom. The number of amides is 1. The van der Waals surface area contributed by atoms with Crippen molar-refractivity contribution in [1.29, 1.82) is 0 Å². The fourth-order valence-electron chi connectivity index (χ4n) is 2.58. The van der Waals surface area contributed by atoms with Crippen LogP contribution in [0.2, 0.25) is 0 Å². The molecule has 2 atom stereocenters. The number of methoxy groups -OCH3 is 1. The second-order valence-electron chi connectivity index (χ2n) is 5.80. The molecule has 4 heteroatoms. The second-order valence-corrected chi connectivity index (χ2v) is 5.80. The van der Waals surface area contributed by atoms with E-state index < -0.39 is 6.10 Å². The average Bonchev–Trinajstić information content (AvgIpc) is 2.59. The van der Waals surface area contributed by atoms with Gasteiger partial charge < -0.3 is 14.8 Å². The minimum atomic E-state index is -0.524. The zero-order chi connectivity index (χ0) is 17.5. The van der Waals surface area contributed by atoms with Gasteiger partial charge in [-0.05, 0) is 44.0 Å². The molecule has 1 amide bonds. The van der Waals surface area contributed by atoms with Crippen LogP contribution < -0.4 is 14.8 Å². The molecule has 128 valence electrons. The molecule has 0 radical (unpaired) electrons. The maximum Gasteiger partial charge on any atom is 0.261 e. The lowest BCUT2D eigenvalue weighted by Gasteiger charge is -2.22. The highest BCUT2D eigenvalue weighted by atomic mass is 16.5. The molecule has 0 aliphatic rings. The predicted octanol–water partition coefficient (Wildman–Crippen LogP) is 4.04. The van der Waals surface area contributed by atoms with Crippen LogP contribution in [0.4, 0.5) is 0 Å². The number of carbonyl (C=O) groups excluding carboxylic acids is 1. The third-order valence-electron chi connectivity index (χ3n) is 3.90. The van der Waals surface area contributed by atoms with E-state index >= 15 is 0 Å². The average molecular weight is 327 g/mol. The molecule has 2 aromatic rings. The van der Waals surface area contributed by atoms with Gasteiger partial charge in [0.25, 0.3) is 5.91 Å². The van der Waals surface area contributed by atoms with E-state index in [9.17, 15) is 4.79 Å². The first kappa shape index (κ1) is 17.9. The summed E-state index contributed by atoms with van der Waals surface area (Å²) >= 11 is 0. The number of rotatable bonds is 7. The van der Waals surface area contributed by atoms with Crippen molar-refractivity contribution in [3.63, 3.8) is 0 Å². The first-order valence-corrected chi connectivity index (χ1v) is 8.21. The molecule has 0 bridgehead atoms. The zero-order valence-electron chi connectivity index (χ0n) is 14.7. The summed E-state index contributed by atoms with van der Waals surface area (Å²) in [5.41, 5.74) is 2.05. The lowest BCUT2D eigenvalue weighted by molar-refractivity contribution is -0.128. The summed E-state index contributed by atoms with van der Waals surface area (Å²) < 4.78 is 11.2. The second kappa shape index (κ2) is 8.39. The molecule has 2 rings (SSSR count). The van der Waals surface area contributed by atoms with Crippen LogP contribution in [0.15, 0.2) is 48.5 Å². The summed E-state index contributed by atoms with van der Waals surface area (Å²) in [4.78, 5) is 12.6. The Hall–Kier alpha value is -2.49. The molecule has 0 saturated carbocycles. The van der Waals surface area contributed by atoms with Gasteiger partial charge in [0.15, 0.2) is 6.10 Å². The molecule has 0 saturated heterocycles. The summed E-state index contributed by atoms with van der Waals surface area (Å²) in [7, 11) is 1.63. The highest BCUT2D eigenvalue weighted by Crippen LogP contribution is 2.24. The van der Waals surface area contributed by atoms with Crippen molar-refractivity contribution in [2.24, 2.45) is 0 Å². The molecule has 4 nitrogen and oxygen atoms in total. The normalized spacial score (nSPS) is 13.0. The maximum absolute atomic E-state index is 12.6. The summed E-state index contributed by atoms with van der Waals surface area (Å²) in [5, 5.41) is 3.01. The van der Waals surface area contributed by atoms with E-state index in [2.05, 4.69) is 5.32 Å². The number of carbonyl (C=O) groups is 1. The van der Waals surface area contributed by atoms with Crippen LogP contribution in [0.25, 0.3) is 0 Å².